The molecule has 0 unspecified atom stereocenters. The van der Waals surface area contributed by atoms with Crippen LogP contribution in [0.1, 0.15) is 17.7 Å². The van der Waals surface area contributed by atoms with E-state index in [0.29, 0.717) is 0 Å². The van der Waals surface area contributed by atoms with Gasteiger partial charge in [-0.2, -0.15) is 5.10 Å². The summed E-state index contributed by atoms with van der Waals surface area (Å²) in [6.45, 7) is 0.822. The van der Waals surface area contributed by atoms with Gasteiger partial charge in [0.2, 0.25) is 0 Å². The summed E-state index contributed by atoms with van der Waals surface area (Å²) in [4.78, 5) is 11.9. The van der Waals surface area contributed by atoms with Crippen molar-refractivity contribution in [1.82, 2.24) is 9.78 Å². The molecule has 1 aromatic carbocycles. The molecule has 1 aliphatic rings. The third-order valence-corrected chi connectivity index (χ3v) is 3.32. The Labute approximate surface area is 114 Å². The zero-order valence-electron chi connectivity index (χ0n) is 10.7. The van der Waals surface area contributed by atoms with Gasteiger partial charge in [0.05, 0.1) is 17.9 Å². The van der Waals surface area contributed by atoms with E-state index >= 15 is 0 Å². The summed E-state index contributed by atoms with van der Waals surface area (Å²) in [7, 11) is 0. The van der Waals surface area contributed by atoms with Crippen LogP contribution in [0.15, 0.2) is 29.1 Å². The highest BCUT2D eigenvalue weighted by molar-refractivity contribution is 5.48. The Kier molecular flexibility index (Phi) is 3.22. The summed E-state index contributed by atoms with van der Waals surface area (Å²) < 4.78 is 27.7. The Hall–Kier alpha value is -2.24. The van der Waals surface area contributed by atoms with Gasteiger partial charge in [0.15, 0.2) is 0 Å². The lowest BCUT2D eigenvalue weighted by molar-refractivity contribution is 0.545. The number of hydrogen-bond acceptors (Lipinski definition) is 3. The molecule has 4 nitrogen and oxygen atoms in total. The highest BCUT2D eigenvalue weighted by atomic mass is 19.1. The maximum absolute atomic E-state index is 13.6. The van der Waals surface area contributed by atoms with Crippen LogP contribution in [0.2, 0.25) is 0 Å². The molecule has 0 bridgehead atoms. The molecule has 0 amide bonds. The fourth-order valence-corrected chi connectivity index (χ4v) is 2.27. The molecule has 1 aliphatic heterocycles. The molecular weight excluding hydrogens is 264 g/mol. The Balaban J connectivity index is 1.96. The smallest absolute Gasteiger partial charge is 0.269 e. The van der Waals surface area contributed by atoms with Gasteiger partial charge in [0.25, 0.3) is 5.56 Å². The summed E-state index contributed by atoms with van der Waals surface area (Å²) in [5.41, 5.74) is 1.49. The van der Waals surface area contributed by atoms with E-state index in [9.17, 15) is 13.6 Å². The van der Waals surface area contributed by atoms with Gasteiger partial charge in [-0.15, -0.1) is 0 Å². The van der Waals surface area contributed by atoms with Crippen LogP contribution in [0.3, 0.4) is 0 Å². The molecule has 0 saturated carbocycles. The summed E-state index contributed by atoms with van der Waals surface area (Å²) in [5.74, 6) is -1.31. The van der Waals surface area contributed by atoms with Crippen LogP contribution >= 0.6 is 0 Å². The largest absolute Gasteiger partial charge is 0.383 e. The number of nitrogens with zero attached hydrogens (tertiary/aromatic N) is 2. The molecule has 0 spiro atoms. The average molecular weight is 277 g/mol. The van der Waals surface area contributed by atoms with Crippen molar-refractivity contribution in [2.45, 2.75) is 19.4 Å². The van der Waals surface area contributed by atoms with E-state index in [0.717, 1.165) is 36.8 Å². The second-order valence-electron chi connectivity index (χ2n) is 4.77. The summed E-state index contributed by atoms with van der Waals surface area (Å²) in [6, 6.07) is 4.78. The maximum atomic E-state index is 13.6. The second kappa shape index (κ2) is 5.03. The van der Waals surface area contributed by atoms with Crippen LogP contribution in [-0.2, 0) is 13.0 Å². The molecule has 1 aromatic heterocycles. The highest BCUT2D eigenvalue weighted by Crippen LogP contribution is 2.17. The monoisotopic (exact) mass is 277 g/mol. The summed E-state index contributed by atoms with van der Waals surface area (Å²) >= 11 is 0. The molecule has 0 saturated heterocycles. The van der Waals surface area contributed by atoms with Gasteiger partial charge in [0.1, 0.15) is 11.6 Å². The number of anilines is 1. The minimum atomic E-state index is -0.672. The van der Waals surface area contributed by atoms with Crippen molar-refractivity contribution in [3.8, 4) is 0 Å². The number of rotatable bonds is 2. The molecule has 20 heavy (non-hydrogen) atoms. The number of benzene rings is 1. The quantitative estimate of drug-likeness (QED) is 0.912. The molecule has 2 heterocycles. The lowest BCUT2D eigenvalue weighted by Crippen LogP contribution is -2.27. The van der Waals surface area contributed by atoms with Crippen LogP contribution in [-0.4, -0.2) is 16.3 Å². The maximum Gasteiger partial charge on any atom is 0.269 e. The average Bonchev–Trinajstić information content (AvgIpc) is 2.42. The van der Waals surface area contributed by atoms with Crippen molar-refractivity contribution < 1.29 is 8.78 Å². The van der Waals surface area contributed by atoms with E-state index in [1.807, 2.05) is 0 Å². The number of aryl methyl sites for hydroxylation is 1. The van der Waals surface area contributed by atoms with E-state index in [4.69, 9.17) is 0 Å². The molecule has 104 valence electrons. The number of nitrogens with one attached hydrogen (secondary N) is 1. The van der Waals surface area contributed by atoms with Crippen molar-refractivity contribution in [2.24, 2.45) is 0 Å². The molecule has 2 aromatic rings. The lowest BCUT2D eigenvalue weighted by atomic mass is 10.1. The third kappa shape index (κ3) is 2.41. The Morgan fingerprint density at radius 3 is 2.95 bits per heavy atom. The van der Waals surface area contributed by atoms with Gasteiger partial charge >= 0.3 is 0 Å². The molecule has 0 atom stereocenters. The van der Waals surface area contributed by atoms with Crippen LogP contribution in [0.5, 0.6) is 0 Å². The first-order chi connectivity index (χ1) is 9.63. The highest BCUT2D eigenvalue weighted by Gasteiger charge is 2.14. The van der Waals surface area contributed by atoms with E-state index < -0.39 is 11.6 Å². The number of halogens is 2. The van der Waals surface area contributed by atoms with Gasteiger partial charge in [0, 0.05) is 24.2 Å². The number of aromatic nitrogens is 2. The van der Waals surface area contributed by atoms with Crippen molar-refractivity contribution in [2.75, 3.05) is 11.9 Å². The molecule has 0 aliphatic carbocycles. The minimum Gasteiger partial charge on any atom is -0.383 e. The van der Waals surface area contributed by atoms with Gasteiger partial charge in [-0.1, -0.05) is 6.07 Å². The van der Waals surface area contributed by atoms with Crippen molar-refractivity contribution >= 4 is 5.69 Å². The van der Waals surface area contributed by atoms with Gasteiger partial charge < -0.3 is 5.32 Å². The first-order valence-electron chi connectivity index (χ1n) is 6.42. The molecule has 0 radical (unpaired) electrons. The van der Waals surface area contributed by atoms with Gasteiger partial charge in [-0.05, 0) is 18.9 Å². The van der Waals surface area contributed by atoms with E-state index in [2.05, 4.69) is 10.4 Å². The molecular formula is C14H13F2N3O. The number of hydrogen-bond donors (Lipinski definition) is 1. The first kappa shape index (κ1) is 12.8. The minimum absolute atomic E-state index is 0.00176. The lowest BCUT2D eigenvalue weighted by Gasteiger charge is -2.17. The van der Waals surface area contributed by atoms with Gasteiger partial charge in [-0.3, -0.25) is 4.79 Å². The predicted octanol–water partition coefficient (Wildman–Crippen LogP) is 1.93. The van der Waals surface area contributed by atoms with Crippen LogP contribution < -0.4 is 10.9 Å². The zero-order chi connectivity index (χ0) is 14.1. The molecule has 3 rings (SSSR count). The molecule has 6 heteroatoms. The molecule has 1 N–H and O–H groups in total. The van der Waals surface area contributed by atoms with E-state index in [-0.39, 0.29) is 17.7 Å². The zero-order valence-corrected chi connectivity index (χ0v) is 10.7. The van der Waals surface area contributed by atoms with Crippen molar-refractivity contribution in [3.63, 3.8) is 0 Å². The Morgan fingerprint density at radius 2 is 2.15 bits per heavy atom. The van der Waals surface area contributed by atoms with Crippen molar-refractivity contribution in [3.05, 3.63) is 57.5 Å². The van der Waals surface area contributed by atoms with Crippen LogP contribution in [0.4, 0.5) is 14.5 Å². The summed E-state index contributed by atoms with van der Waals surface area (Å²) in [5, 5.41) is 7.37. The summed E-state index contributed by atoms with van der Waals surface area (Å²) in [6.07, 6.45) is 1.73. The standard InChI is InChI=1S/C14H13F2N3O/c15-10-4-3-9(11(16)6-10)8-19-14(20)7-13-12(18-19)2-1-5-17-13/h3-4,6-7,17H,1-2,5,8H2. The first-order valence-corrected chi connectivity index (χ1v) is 6.42. The fraction of sp³-hybridized carbons (Fsp3) is 0.286. The second-order valence-corrected chi connectivity index (χ2v) is 4.77. The predicted molar refractivity (Wildman–Crippen MR) is 70.8 cm³/mol. The van der Waals surface area contributed by atoms with Crippen LogP contribution in [0, 0.1) is 11.6 Å². The van der Waals surface area contributed by atoms with Crippen LogP contribution in [0.25, 0.3) is 0 Å². The Bertz CT molecular complexity index is 712. The SMILES string of the molecule is O=c1cc2c(nn1Cc1ccc(F)cc1F)CCCN2. The number of fused-ring (bicyclic) bond motifs is 1. The third-order valence-electron chi connectivity index (χ3n) is 3.32. The molecule has 0 fully saturated rings. The van der Waals surface area contributed by atoms with Crippen molar-refractivity contribution in [1.29, 1.82) is 0 Å². The van der Waals surface area contributed by atoms with E-state index in [1.165, 1.54) is 22.9 Å². The topological polar surface area (TPSA) is 46.9 Å². The normalized spacial score (nSPS) is 13.7. The Morgan fingerprint density at radius 1 is 1.30 bits per heavy atom. The fourth-order valence-electron chi connectivity index (χ4n) is 2.27. The van der Waals surface area contributed by atoms with E-state index in [1.54, 1.807) is 0 Å². The van der Waals surface area contributed by atoms with Gasteiger partial charge in [-0.25, -0.2) is 13.5 Å².